The zero-order valence-electron chi connectivity index (χ0n) is 12.6. The quantitative estimate of drug-likeness (QED) is 0.575. The van der Waals surface area contributed by atoms with Gasteiger partial charge in [0.2, 0.25) is 0 Å². The number of nitrogens with one attached hydrogen (secondary N) is 1. The van der Waals surface area contributed by atoms with Crippen molar-refractivity contribution in [3.63, 3.8) is 0 Å². The smallest absolute Gasteiger partial charge is 0.163 e. The number of aromatic nitrogens is 2. The van der Waals surface area contributed by atoms with Gasteiger partial charge >= 0.3 is 0 Å². The second-order valence-electron chi connectivity index (χ2n) is 5.58. The largest absolute Gasteiger partial charge is 0.370 e. The van der Waals surface area contributed by atoms with Crippen LogP contribution in [0.3, 0.4) is 0 Å². The van der Waals surface area contributed by atoms with E-state index in [0.717, 1.165) is 30.3 Å². The molecule has 2 rings (SSSR count). The van der Waals surface area contributed by atoms with Gasteiger partial charge in [-0.05, 0) is 12.3 Å². The summed E-state index contributed by atoms with van der Waals surface area (Å²) in [4.78, 5) is 8.82. The van der Waals surface area contributed by atoms with Crippen molar-refractivity contribution >= 4 is 17.4 Å². The molecular formula is C17H22ClN3. The Morgan fingerprint density at radius 3 is 2.57 bits per heavy atom. The van der Waals surface area contributed by atoms with E-state index in [1.165, 1.54) is 12.8 Å². The van der Waals surface area contributed by atoms with Crippen LogP contribution in [0.15, 0.2) is 36.4 Å². The molecule has 0 spiro atoms. The number of hydrogen-bond acceptors (Lipinski definition) is 3. The third-order valence-electron chi connectivity index (χ3n) is 3.24. The number of nitrogens with zero attached hydrogens (tertiary/aromatic N) is 2. The van der Waals surface area contributed by atoms with E-state index in [2.05, 4.69) is 29.1 Å². The molecule has 0 saturated heterocycles. The highest BCUT2D eigenvalue weighted by atomic mass is 35.5. The molecule has 0 aliphatic carbocycles. The Hall–Kier alpha value is -1.61. The van der Waals surface area contributed by atoms with Gasteiger partial charge < -0.3 is 5.32 Å². The lowest BCUT2D eigenvalue weighted by molar-refractivity contribution is 0.544. The van der Waals surface area contributed by atoms with E-state index in [0.29, 0.717) is 11.0 Å². The van der Waals surface area contributed by atoms with Crippen molar-refractivity contribution in [3.8, 4) is 11.4 Å². The predicted molar refractivity (Wildman–Crippen MR) is 89.7 cm³/mol. The molecule has 0 radical (unpaired) electrons. The van der Waals surface area contributed by atoms with Crippen LogP contribution < -0.4 is 5.32 Å². The summed E-state index contributed by atoms with van der Waals surface area (Å²) in [6.45, 7) is 5.42. The van der Waals surface area contributed by atoms with Crippen molar-refractivity contribution in [2.24, 2.45) is 5.92 Å². The molecule has 0 bridgehead atoms. The van der Waals surface area contributed by atoms with Crippen molar-refractivity contribution in [1.29, 1.82) is 0 Å². The molecule has 1 N–H and O–H groups in total. The highest BCUT2D eigenvalue weighted by Crippen LogP contribution is 2.20. The predicted octanol–water partition coefficient (Wildman–Crippen LogP) is 5.04. The van der Waals surface area contributed by atoms with Crippen LogP contribution in [0, 0.1) is 5.92 Å². The number of rotatable bonds is 7. The van der Waals surface area contributed by atoms with Crippen molar-refractivity contribution in [2.75, 3.05) is 11.9 Å². The molecular weight excluding hydrogens is 282 g/mol. The van der Waals surface area contributed by atoms with Gasteiger partial charge in [-0.25, -0.2) is 9.97 Å². The van der Waals surface area contributed by atoms with E-state index >= 15 is 0 Å². The van der Waals surface area contributed by atoms with Crippen molar-refractivity contribution in [2.45, 2.75) is 33.1 Å². The standard InChI is InChI=1S/C17H22ClN3/c1-13(2)8-6-7-11-19-16-12-15(18)20-17(21-16)14-9-4-3-5-10-14/h3-5,9-10,12-13H,6-8,11H2,1-2H3,(H,19,20,21). The Morgan fingerprint density at radius 1 is 1.10 bits per heavy atom. The number of unbranched alkanes of at least 4 members (excludes halogenated alkanes) is 1. The molecule has 0 unspecified atom stereocenters. The SMILES string of the molecule is CC(C)CCCCNc1cc(Cl)nc(-c2ccccc2)n1. The monoisotopic (exact) mass is 303 g/mol. The van der Waals surface area contributed by atoms with Crippen LogP contribution in [0.4, 0.5) is 5.82 Å². The number of benzene rings is 1. The zero-order valence-corrected chi connectivity index (χ0v) is 13.4. The molecule has 1 heterocycles. The van der Waals surface area contributed by atoms with E-state index in [1.807, 2.05) is 30.3 Å². The third-order valence-corrected chi connectivity index (χ3v) is 3.43. The summed E-state index contributed by atoms with van der Waals surface area (Å²) in [5.41, 5.74) is 0.975. The second kappa shape index (κ2) is 7.99. The number of anilines is 1. The van der Waals surface area contributed by atoms with Crippen molar-refractivity contribution < 1.29 is 0 Å². The van der Waals surface area contributed by atoms with Crippen molar-refractivity contribution in [1.82, 2.24) is 9.97 Å². The van der Waals surface area contributed by atoms with Crippen LogP contribution in [0.1, 0.15) is 33.1 Å². The highest BCUT2D eigenvalue weighted by Gasteiger charge is 2.05. The summed E-state index contributed by atoms with van der Waals surface area (Å²) in [5.74, 6) is 2.22. The van der Waals surface area contributed by atoms with E-state index in [1.54, 1.807) is 6.07 Å². The summed E-state index contributed by atoms with van der Waals surface area (Å²) >= 11 is 6.09. The maximum atomic E-state index is 6.09. The average Bonchev–Trinajstić information content (AvgIpc) is 2.47. The van der Waals surface area contributed by atoms with Crippen LogP contribution in [0.25, 0.3) is 11.4 Å². The molecule has 0 aliphatic heterocycles. The molecule has 0 saturated carbocycles. The lowest BCUT2D eigenvalue weighted by Crippen LogP contribution is -2.05. The number of halogens is 1. The number of hydrogen-bond donors (Lipinski definition) is 1. The van der Waals surface area contributed by atoms with Gasteiger partial charge in [0.25, 0.3) is 0 Å². The molecule has 0 atom stereocenters. The topological polar surface area (TPSA) is 37.8 Å². The molecule has 1 aromatic carbocycles. The van der Waals surface area contributed by atoms with Crippen LogP contribution in [0.5, 0.6) is 0 Å². The minimum Gasteiger partial charge on any atom is -0.370 e. The first kappa shape index (κ1) is 15.8. The van der Waals surface area contributed by atoms with Gasteiger partial charge in [-0.1, -0.05) is 68.6 Å². The minimum absolute atomic E-state index is 0.466. The molecule has 2 aromatic rings. The van der Waals surface area contributed by atoms with Gasteiger partial charge in [-0.3, -0.25) is 0 Å². The minimum atomic E-state index is 0.466. The van der Waals surface area contributed by atoms with E-state index in [9.17, 15) is 0 Å². The normalized spacial score (nSPS) is 10.9. The molecule has 1 aromatic heterocycles. The first-order chi connectivity index (χ1) is 10.1. The Kier molecular flexibility index (Phi) is 6.00. The fourth-order valence-corrected chi connectivity index (χ4v) is 2.30. The Labute approximate surface area is 131 Å². The summed E-state index contributed by atoms with van der Waals surface area (Å²) in [6, 6.07) is 11.7. The molecule has 112 valence electrons. The van der Waals surface area contributed by atoms with Gasteiger partial charge in [0.1, 0.15) is 11.0 Å². The van der Waals surface area contributed by atoms with Crippen molar-refractivity contribution in [3.05, 3.63) is 41.6 Å². The molecule has 3 nitrogen and oxygen atoms in total. The maximum absolute atomic E-state index is 6.09. The van der Waals surface area contributed by atoms with Crippen LogP contribution in [0.2, 0.25) is 5.15 Å². The summed E-state index contributed by atoms with van der Waals surface area (Å²) in [5, 5.41) is 3.80. The lowest BCUT2D eigenvalue weighted by Gasteiger charge is -2.09. The van der Waals surface area contributed by atoms with Gasteiger partial charge in [0, 0.05) is 18.2 Å². The van der Waals surface area contributed by atoms with Gasteiger partial charge in [0.05, 0.1) is 0 Å². The molecule has 0 fully saturated rings. The molecule has 4 heteroatoms. The second-order valence-corrected chi connectivity index (χ2v) is 5.97. The lowest BCUT2D eigenvalue weighted by atomic mass is 10.1. The van der Waals surface area contributed by atoms with Gasteiger partial charge in [-0.15, -0.1) is 0 Å². The zero-order chi connectivity index (χ0) is 15.1. The van der Waals surface area contributed by atoms with Gasteiger partial charge in [0.15, 0.2) is 5.82 Å². The summed E-state index contributed by atoms with van der Waals surface area (Å²) < 4.78 is 0. The third kappa shape index (κ3) is 5.35. The fraction of sp³-hybridized carbons (Fsp3) is 0.412. The van der Waals surface area contributed by atoms with Crippen LogP contribution in [-0.4, -0.2) is 16.5 Å². The first-order valence-electron chi connectivity index (χ1n) is 7.49. The van der Waals surface area contributed by atoms with E-state index < -0.39 is 0 Å². The Morgan fingerprint density at radius 2 is 1.86 bits per heavy atom. The van der Waals surface area contributed by atoms with Crippen LogP contribution >= 0.6 is 11.6 Å². The Balaban J connectivity index is 1.96. The maximum Gasteiger partial charge on any atom is 0.163 e. The Bertz CT molecular complexity index is 555. The van der Waals surface area contributed by atoms with E-state index in [-0.39, 0.29) is 0 Å². The molecule has 21 heavy (non-hydrogen) atoms. The first-order valence-corrected chi connectivity index (χ1v) is 7.87. The summed E-state index contributed by atoms with van der Waals surface area (Å²) in [6.07, 6.45) is 3.64. The molecule has 0 aliphatic rings. The fourth-order valence-electron chi connectivity index (χ4n) is 2.12. The summed E-state index contributed by atoms with van der Waals surface area (Å²) in [7, 11) is 0. The highest BCUT2D eigenvalue weighted by molar-refractivity contribution is 6.29. The van der Waals surface area contributed by atoms with Gasteiger partial charge in [-0.2, -0.15) is 0 Å². The average molecular weight is 304 g/mol. The molecule has 0 amide bonds. The van der Waals surface area contributed by atoms with Crippen LogP contribution in [-0.2, 0) is 0 Å². The van der Waals surface area contributed by atoms with E-state index in [4.69, 9.17) is 11.6 Å².